The van der Waals surface area contributed by atoms with Gasteiger partial charge >= 0.3 is 0 Å². The van der Waals surface area contributed by atoms with Crippen LogP contribution < -0.4 is 5.32 Å². The molecule has 0 aromatic heterocycles. The van der Waals surface area contributed by atoms with E-state index in [2.05, 4.69) is 21.2 Å². The van der Waals surface area contributed by atoms with Crippen molar-refractivity contribution in [2.45, 2.75) is 12.5 Å². The highest BCUT2D eigenvalue weighted by molar-refractivity contribution is 9.10. The van der Waals surface area contributed by atoms with Gasteiger partial charge in [-0.15, -0.1) is 0 Å². The van der Waals surface area contributed by atoms with Crippen molar-refractivity contribution >= 4 is 50.7 Å². The third-order valence-electron chi connectivity index (χ3n) is 3.11. The number of nitrogens with one attached hydrogen (secondary N) is 1. The largest absolute Gasteiger partial charge is 0.313 e. The average molecular weight is 394 g/mol. The number of hydrogen-bond donors (Lipinski definition) is 1. The molecular weight excluding hydrogens is 380 g/mol. The van der Waals surface area contributed by atoms with Crippen LogP contribution in [-0.2, 0) is 6.42 Å². The van der Waals surface area contributed by atoms with Gasteiger partial charge in [0.2, 0.25) is 0 Å². The van der Waals surface area contributed by atoms with Crippen LogP contribution in [0.4, 0.5) is 0 Å². The van der Waals surface area contributed by atoms with Crippen LogP contribution in [0.25, 0.3) is 0 Å². The van der Waals surface area contributed by atoms with Crippen LogP contribution in [0.3, 0.4) is 0 Å². The van der Waals surface area contributed by atoms with Crippen molar-refractivity contribution in [3.63, 3.8) is 0 Å². The molecule has 2 aromatic carbocycles. The number of rotatable bonds is 4. The zero-order valence-corrected chi connectivity index (χ0v) is 14.6. The number of likely N-dealkylation sites (N-methyl/N-ethyl adjacent to an activating group) is 1. The molecule has 1 N–H and O–H groups in total. The standard InChI is InChI=1S/C15H13BrCl3N/c1-20-15(9-5-10(16)7-11(17)6-9)8-12-13(18)3-2-4-14(12)19/h2-7,15,20H,8H2,1H3. The Morgan fingerprint density at radius 3 is 2.30 bits per heavy atom. The Balaban J connectivity index is 2.33. The van der Waals surface area contributed by atoms with E-state index in [1.165, 1.54) is 0 Å². The van der Waals surface area contributed by atoms with Gasteiger partial charge < -0.3 is 5.32 Å². The van der Waals surface area contributed by atoms with Crippen LogP contribution in [0.2, 0.25) is 15.1 Å². The fraction of sp³-hybridized carbons (Fsp3) is 0.200. The summed E-state index contributed by atoms with van der Waals surface area (Å²) in [4.78, 5) is 0. The number of benzene rings is 2. The molecule has 1 unspecified atom stereocenters. The smallest absolute Gasteiger partial charge is 0.0453 e. The lowest BCUT2D eigenvalue weighted by atomic mass is 9.99. The summed E-state index contributed by atoms with van der Waals surface area (Å²) in [6.07, 6.45) is 0.696. The highest BCUT2D eigenvalue weighted by atomic mass is 79.9. The zero-order chi connectivity index (χ0) is 14.7. The first kappa shape index (κ1) is 16.1. The third kappa shape index (κ3) is 3.90. The molecule has 5 heteroatoms. The molecule has 0 radical (unpaired) electrons. The summed E-state index contributed by atoms with van der Waals surface area (Å²) in [5, 5.41) is 5.33. The van der Waals surface area contributed by atoms with Crippen molar-refractivity contribution in [3.05, 3.63) is 67.1 Å². The van der Waals surface area contributed by atoms with Gasteiger partial charge in [-0.1, -0.05) is 56.8 Å². The zero-order valence-electron chi connectivity index (χ0n) is 10.8. The molecule has 0 fully saturated rings. The van der Waals surface area contributed by atoms with Gasteiger partial charge in [-0.05, 0) is 54.9 Å². The highest BCUT2D eigenvalue weighted by Gasteiger charge is 2.15. The van der Waals surface area contributed by atoms with Gasteiger partial charge in [-0.25, -0.2) is 0 Å². The van der Waals surface area contributed by atoms with Crippen LogP contribution in [0, 0.1) is 0 Å². The molecule has 0 saturated heterocycles. The molecule has 1 atom stereocenters. The summed E-state index contributed by atoms with van der Waals surface area (Å²) in [7, 11) is 1.91. The van der Waals surface area contributed by atoms with Gasteiger partial charge in [0.15, 0.2) is 0 Å². The van der Waals surface area contributed by atoms with E-state index < -0.39 is 0 Å². The van der Waals surface area contributed by atoms with Gasteiger partial charge in [-0.3, -0.25) is 0 Å². The summed E-state index contributed by atoms with van der Waals surface area (Å²) in [5.74, 6) is 0. The summed E-state index contributed by atoms with van der Waals surface area (Å²) >= 11 is 22.0. The average Bonchev–Trinajstić information content (AvgIpc) is 2.37. The topological polar surface area (TPSA) is 12.0 Å². The van der Waals surface area contributed by atoms with Crippen molar-refractivity contribution < 1.29 is 0 Å². The first-order chi connectivity index (χ1) is 9.51. The van der Waals surface area contributed by atoms with Crippen LogP contribution in [0.15, 0.2) is 40.9 Å². The Hall–Kier alpha value is -0.250. The first-order valence-corrected chi connectivity index (χ1v) is 8.00. The van der Waals surface area contributed by atoms with E-state index in [4.69, 9.17) is 34.8 Å². The van der Waals surface area contributed by atoms with E-state index in [0.717, 1.165) is 15.6 Å². The third-order valence-corrected chi connectivity index (χ3v) is 4.49. The number of hydrogen-bond acceptors (Lipinski definition) is 1. The second-order valence-electron chi connectivity index (χ2n) is 4.45. The molecule has 0 aliphatic rings. The molecule has 0 spiro atoms. The van der Waals surface area contributed by atoms with Crippen molar-refractivity contribution in [1.82, 2.24) is 5.32 Å². The minimum Gasteiger partial charge on any atom is -0.313 e. The minimum atomic E-state index is 0.0856. The fourth-order valence-corrected chi connectivity index (χ4v) is 3.53. The maximum Gasteiger partial charge on any atom is 0.0453 e. The van der Waals surface area contributed by atoms with Crippen molar-refractivity contribution in [1.29, 1.82) is 0 Å². The second kappa shape index (κ2) is 7.15. The van der Waals surface area contributed by atoms with Crippen LogP contribution in [0.1, 0.15) is 17.2 Å². The quantitative estimate of drug-likeness (QED) is 0.681. The Kier molecular flexibility index (Phi) is 5.76. The summed E-state index contributed by atoms with van der Waals surface area (Å²) in [5.41, 5.74) is 2.02. The molecule has 20 heavy (non-hydrogen) atoms. The highest BCUT2D eigenvalue weighted by Crippen LogP contribution is 2.31. The van der Waals surface area contributed by atoms with Crippen molar-refractivity contribution in [2.24, 2.45) is 0 Å². The van der Waals surface area contributed by atoms with E-state index in [1.807, 2.05) is 43.4 Å². The maximum absolute atomic E-state index is 6.23. The lowest BCUT2D eigenvalue weighted by Crippen LogP contribution is -2.19. The van der Waals surface area contributed by atoms with Crippen molar-refractivity contribution in [2.75, 3.05) is 7.05 Å². The van der Waals surface area contributed by atoms with Crippen LogP contribution in [0.5, 0.6) is 0 Å². The summed E-state index contributed by atoms with van der Waals surface area (Å²) in [6, 6.07) is 11.5. The Labute approximate surface area is 142 Å². The predicted octanol–water partition coefficient (Wildman–Crippen LogP) is 5.91. The molecular formula is C15H13BrCl3N. The first-order valence-electron chi connectivity index (χ1n) is 6.07. The van der Waals surface area contributed by atoms with Gasteiger partial charge in [0.1, 0.15) is 0 Å². The van der Waals surface area contributed by atoms with Gasteiger partial charge in [0.25, 0.3) is 0 Å². The van der Waals surface area contributed by atoms with E-state index in [9.17, 15) is 0 Å². The van der Waals surface area contributed by atoms with Gasteiger partial charge in [-0.2, -0.15) is 0 Å². The fourth-order valence-electron chi connectivity index (χ4n) is 2.09. The second-order valence-corrected chi connectivity index (χ2v) is 6.61. The molecule has 106 valence electrons. The normalized spacial score (nSPS) is 12.4. The van der Waals surface area contributed by atoms with E-state index >= 15 is 0 Å². The molecule has 2 aromatic rings. The molecule has 1 nitrogen and oxygen atoms in total. The SMILES string of the molecule is CNC(Cc1c(Cl)cccc1Cl)c1cc(Cl)cc(Br)c1. The summed E-state index contributed by atoms with van der Waals surface area (Å²) in [6.45, 7) is 0. The molecule has 2 rings (SSSR count). The Morgan fingerprint density at radius 2 is 1.75 bits per heavy atom. The van der Waals surface area contributed by atoms with Crippen molar-refractivity contribution in [3.8, 4) is 0 Å². The summed E-state index contributed by atoms with van der Waals surface area (Å²) < 4.78 is 0.950. The molecule has 0 amide bonds. The Bertz CT molecular complexity index is 576. The lowest BCUT2D eigenvalue weighted by Gasteiger charge is -2.19. The molecule has 0 bridgehead atoms. The number of halogens is 4. The van der Waals surface area contributed by atoms with E-state index in [0.29, 0.717) is 21.5 Å². The molecule has 0 aliphatic carbocycles. The lowest BCUT2D eigenvalue weighted by molar-refractivity contribution is 0.592. The maximum atomic E-state index is 6.23. The van der Waals surface area contributed by atoms with Gasteiger partial charge in [0, 0.05) is 25.6 Å². The van der Waals surface area contributed by atoms with E-state index in [-0.39, 0.29) is 6.04 Å². The van der Waals surface area contributed by atoms with Crippen LogP contribution >= 0.6 is 50.7 Å². The monoisotopic (exact) mass is 391 g/mol. The molecule has 0 heterocycles. The van der Waals surface area contributed by atoms with E-state index in [1.54, 1.807) is 0 Å². The molecule has 0 saturated carbocycles. The Morgan fingerprint density at radius 1 is 1.10 bits per heavy atom. The van der Waals surface area contributed by atoms with Crippen LogP contribution in [-0.4, -0.2) is 7.05 Å². The molecule has 0 aliphatic heterocycles. The minimum absolute atomic E-state index is 0.0856. The van der Waals surface area contributed by atoms with Gasteiger partial charge in [0.05, 0.1) is 0 Å². The predicted molar refractivity (Wildman–Crippen MR) is 91.1 cm³/mol.